The van der Waals surface area contributed by atoms with Crippen LogP contribution in [0.1, 0.15) is 11.3 Å². The largest absolute Gasteiger partial charge is 0.493 e. The fraction of sp³-hybridized carbons (Fsp3) is 0.357. The number of rotatable bonds is 6. The Bertz CT molecular complexity index is 477. The summed E-state index contributed by atoms with van der Waals surface area (Å²) in [5.74, 6) is 0.860. The first-order valence-electron chi connectivity index (χ1n) is 6.09. The Labute approximate surface area is 107 Å². The molecule has 1 N–H and O–H groups in total. The summed E-state index contributed by atoms with van der Waals surface area (Å²) in [7, 11) is 1.93. The van der Waals surface area contributed by atoms with Gasteiger partial charge in [-0.15, -0.1) is 0 Å². The second kappa shape index (κ2) is 6.21. The molecule has 4 nitrogen and oxygen atoms in total. The van der Waals surface area contributed by atoms with Crippen LogP contribution in [0.25, 0.3) is 0 Å². The average molecular weight is 246 g/mol. The van der Waals surface area contributed by atoms with E-state index in [-0.39, 0.29) is 6.61 Å². The van der Waals surface area contributed by atoms with Crippen molar-refractivity contribution in [2.24, 2.45) is 7.05 Å². The number of aliphatic hydroxyl groups is 1. The number of aromatic nitrogens is 2. The molecule has 0 saturated heterocycles. The predicted molar refractivity (Wildman–Crippen MR) is 69.6 cm³/mol. The van der Waals surface area contributed by atoms with Crippen LogP contribution in [-0.4, -0.2) is 28.1 Å². The van der Waals surface area contributed by atoms with Crippen molar-refractivity contribution in [3.63, 3.8) is 0 Å². The van der Waals surface area contributed by atoms with Crippen molar-refractivity contribution < 1.29 is 9.84 Å². The lowest BCUT2D eigenvalue weighted by molar-refractivity contribution is 0.299. The van der Waals surface area contributed by atoms with E-state index in [1.54, 1.807) is 6.20 Å². The highest BCUT2D eigenvalue weighted by Gasteiger charge is 1.99. The highest BCUT2D eigenvalue weighted by Crippen LogP contribution is 2.13. The van der Waals surface area contributed by atoms with E-state index in [0.29, 0.717) is 13.0 Å². The fourth-order valence-corrected chi connectivity index (χ4v) is 1.80. The minimum absolute atomic E-state index is 0.181. The third-order valence-corrected chi connectivity index (χ3v) is 2.87. The van der Waals surface area contributed by atoms with Gasteiger partial charge in [0.1, 0.15) is 5.75 Å². The van der Waals surface area contributed by atoms with E-state index in [4.69, 9.17) is 9.84 Å². The number of hydrogen-bond acceptors (Lipinski definition) is 3. The minimum atomic E-state index is 0.181. The van der Waals surface area contributed by atoms with Crippen molar-refractivity contribution in [1.29, 1.82) is 0 Å². The first kappa shape index (κ1) is 12.6. The summed E-state index contributed by atoms with van der Waals surface area (Å²) >= 11 is 0. The first-order valence-corrected chi connectivity index (χ1v) is 6.09. The number of ether oxygens (including phenoxy) is 1. The summed E-state index contributed by atoms with van der Waals surface area (Å²) in [5.41, 5.74) is 2.28. The molecule has 1 aromatic carbocycles. The number of aliphatic hydroxyl groups excluding tert-OH is 1. The first-order chi connectivity index (χ1) is 8.79. The number of hydrogen-bond donors (Lipinski definition) is 1. The molecule has 18 heavy (non-hydrogen) atoms. The van der Waals surface area contributed by atoms with Gasteiger partial charge in [-0.1, -0.05) is 12.1 Å². The van der Waals surface area contributed by atoms with E-state index in [9.17, 15) is 0 Å². The maximum absolute atomic E-state index is 8.82. The average Bonchev–Trinajstić information content (AvgIpc) is 2.78. The van der Waals surface area contributed by atoms with Crippen LogP contribution in [0.3, 0.4) is 0 Å². The Balaban J connectivity index is 1.81. The molecule has 0 spiro atoms. The molecule has 1 aromatic heterocycles. The van der Waals surface area contributed by atoms with Crippen molar-refractivity contribution in [3.8, 4) is 5.75 Å². The monoisotopic (exact) mass is 246 g/mol. The second-order valence-corrected chi connectivity index (χ2v) is 4.16. The van der Waals surface area contributed by atoms with Crippen molar-refractivity contribution in [1.82, 2.24) is 9.78 Å². The molecule has 0 radical (unpaired) electrons. The minimum Gasteiger partial charge on any atom is -0.493 e. The smallest absolute Gasteiger partial charge is 0.119 e. The number of nitrogens with zero attached hydrogens (tertiary/aromatic N) is 2. The van der Waals surface area contributed by atoms with Crippen molar-refractivity contribution in [3.05, 3.63) is 47.8 Å². The summed E-state index contributed by atoms with van der Waals surface area (Å²) in [5, 5.41) is 12.9. The van der Waals surface area contributed by atoms with Crippen molar-refractivity contribution in [2.75, 3.05) is 13.2 Å². The van der Waals surface area contributed by atoms with Gasteiger partial charge in [0.2, 0.25) is 0 Å². The molecule has 0 aliphatic carbocycles. The highest BCUT2D eigenvalue weighted by molar-refractivity contribution is 5.27. The molecule has 4 heteroatoms. The van der Waals surface area contributed by atoms with Crippen molar-refractivity contribution >= 4 is 0 Å². The second-order valence-electron chi connectivity index (χ2n) is 4.16. The maximum Gasteiger partial charge on any atom is 0.119 e. The van der Waals surface area contributed by atoms with Gasteiger partial charge in [0.25, 0.3) is 0 Å². The van der Waals surface area contributed by atoms with E-state index in [1.165, 1.54) is 0 Å². The normalized spacial score (nSPS) is 10.6. The lowest BCUT2D eigenvalue weighted by Gasteiger charge is -2.07. The zero-order chi connectivity index (χ0) is 12.8. The SMILES string of the molecule is Cn1nccc1CCOc1ccc(CCO)cc1. The molecular weight excluding hydrogens is 228 g/mol. The van der Waals surface area contributed by atoms with Crippen LogP contribution in [0, 0.1) is 0 Å². The van der Waals surface area contributed by atoms with Gasteiger partial charge < -0.3 is 9.84 Å². The highest BCUT2D eigenvalue weighted by atomic mass is 16.5. The molecule has 0 aliphatic rings. The van der Waals surface area contributed by atoms with Gasteiger partial charge in [-0.25, -0.2) is 0 Å². The Morgan fingerprint density at radius 1 is 1.17 bits per heavy atom. The van der Waals surface area contributed by atoms with E-state index < -0.39 is 0 Å². The zero-order valence-corrected chi connectivity index (χ0v) is 10.5. The number of aryl methyl sites for hydroxylation is 1. The Morgan fingerprint density at radius 3 is 2.56 bits per heavy atom. The van der Waals surface area contributed by atoms with Gasteiger partial charge in [-0.05, 0) is 30.2 Å². The van der Waals surface area contributed by atoms with Gasteiger partial charge in [0.05, 0.1) is 6.61 Å². The summed E-state index contributed by atoms with van der Waals surface area (Å²) in [6, 6.07) is 9.83. The van der Waals surface area contributed by atoms with Gasteiger partial charge in [0.15, 0.2) is 0 Å². The lowest BCUT2D eigenvalue weighted by Crippen LogP contribution is -2.06. The molecule has 0 atom stereocenters. The summed E-state index contributed by atoms with van der Waals surface area (Å²) < 4.78 is 7.52. The van der Waals surface area contributed by atoms with Crippen LogP contribution in [0.4, 0.5) is 0 Å². The molecule has 96 valence electrons. The standard InChI is InChI=1S/C14H18N2O2/c1-16-13(6-9-15-16)8-11-18-14-4-2-12(3-5-14)7-10-17/h2-6,9,17H,7-8,10-11H2,1H3. The van der Waals surface area contributed by atoms with Crippen LogP contribution in [-0.2, 0) is 19.9 Å². The van der Waals surface area contributed by atoms with Crippen molar-refractivity contribution in [2.45, 2.75) is 12.8 Å². The topological polar surface area (TPSA) is 47.3 Å². The van der Waals surface area contributed by atoms with E-state index in [1.807, 2.05) is 42.1 Å². The van der Waals surface area contributed by atoms with E-state index in [0.717, 1.165) is 23.4 Å². The van der Waals surface area contributed by atoms with Gasteiger partial charge in [0, 0.05) is 32.0 Å². The lowest BCUT2D eigenvalue weighted by atomic mass is 10.1. The fourth-order valence-electron chi connectivity index (χ4n) is 1.80. The molecular formula is C14H18N2O2. The van der Waals surface area contributed by atoms with Crippen LogP contribution < -0.4 is 4.74 Å². The van der Waals surface area contributed by atoms with Gasteiger partial charge >= 0.3 is 0 Å². The molecule has 0 fully saturated rings. The molecule has 0 bridgehead atoms. The maximum atomic E-state index is 8.82. The Morgan fingerprint density at radius 2 is 1.94 bits per heavy atom. The van der Waals surface area contributed by atoms with Crippen LogP contribution in [0.5, 0.6) is 5.75 Å². The Hall–Kier alpha value is -1.81. The van der Waals surface area contributed by atoms with Crippen LogP contribution in [0.15, 0.2) is 36.5 Å². The van der Waals surface area contributed by atoms with Crippen LogP contribution in [0.2, 0.25) is 0 Å². The Kier molecular flexibility index (Phi) is 4.36. The molecule has 2 rings (SSSR count). The third-order valence-electron chi connectivity index (χ3n) is 2.87. The quantitative estimate of drug-likeness (QED) is 0.841. The molecule has 2 aromatic rings. The van der Waals surface area contributed by atoms with Crippen LogP contribution >= 0.6 is 0 Å². The molecule has 1 heterocycles. The summed E-state index contributed by atoms with van der Waals surface area (Å²) in [6.45, 7) is 0.819. The molecule has 0 unspecified atom stereocenters. The summed E-state index contributed by atoms with van der Waals surface area (Å²) in [4.78, 5) is 0. The van der Waals surface area contributed by atoms with E-state index >= 15 is 0 Å². The summed E-state index contributed by atoms with van der Waals surface area (Å²) in [6.07, 6.45) is 3.32. The number of benzene rings is 1. The third kappa shape index (κ3) is 3.34. The predicted octanol–water partition coefficient (Wildman–Crippen LogP) is 1.58. The van der Waals surface area contributed by atoms with E-state index in [2.05, 4.69) is 5.10 Å². The van der Waals surface area contributed by atoms with Gasteiger partial charge in [-0.2, -0.15) is 5.10 Å². The van der Waals surface area contributed by atoms with Gasteiger partial charge in [-0.3, -0.25) is 4.68 Å². The molecule has 0 aliphatic heterocycles. The zero-order valence-electron chi connectivity index (χ0n) is 10.5. The molecule has 0 amide bonds. The molecule has 0 saturated carbocycles.